The molecule has 3 rings (SSSR count). The fourth-order valence-electron chi connectivity index (χ4n) is 3.76. The van der Waals surface area contributed by atoms with E-state index < -0.39 is 0 Å². The summed E-state index contributed by atoms with van der Waals surface area (Å²) in [6, 6.07) is 6.06. The molecule has 132 valence electrons. The Labute approximate surface area is 146 Å². The normalized spacial score (nSPS) is 22.5. The molecule has 0 saturated carbocycles. The van der Waals surface area contributed by atoms with Crippen molar-refractivity contribution in [1.29, 1.82) is 0 Å². The van der Waals surface area contributed by atoms with Crippen LogP contribution in [-0.4, -0.2) is 56.7 Å². The van der Waals surface area contributed by atoms with Crippen LogP contribution >= 0.6 is 0 Å². The molecule has 0 unspecified atom stereocenters. The molecule has 0 spiro atoms. The number of rotatable bonds is 6. The minimum Gasteiger partial charge on any atom is -0.497 e. The Kier molecular flexibility index (Phi) is 6.16. The van der Waals surface area contributed by atoms with Crippen molar-refractivity contribution in [3.05, 3.63) is 35.9 Å². The number of methoxy groups -OCH3 is 2. The van der Waals surface area contributed by atoms with Gasteiger partial charge in [0.2, 0.25) is 0 Å². The highest BCUT2D eigenvalue weighted by atomic mass is 16.5. The lowest BCUT2D eigenvalue weighted by Crippen LogP contribution is -2.47. The molecule has 0 N–H and O–H groups in total. The second kappa shape index (κ2) is 8.54. The van der Waals surface area contributed by atoms with Crippen LogP contribution in [0.5, 0.6) is 11.5 Å². The molecule has 1 aliphatic carbocycles. The Bertz CT molecular complexity index is 551. The van der Waals surface area contributed by atoms with Crippen LogP contribution in [0.3, 0.4) is 0 Å². The largest absolute Gasteiger partial charge is 0.497 e. The molecule has 0 radical (unpaired) electrons. The van der Waals surface area contributed by atoms with Crippen LogP contribution in [0.15, 0.2) is 30.4 Å². The van der Waals surface area contributed by atoms with E-state index in [9.17, 15) is 0 Å². The molecule has 1 aliphatic heterocycles. The zero-order valence-corrected chi connectivity index (χ0v) is 15.0. The van der Waals surface area contributed by atoms with Crippen molar-refractivity contribution in [3.8, 4) is 11.5 Å². The molecule has 1 aromatic rings. The first kappa shape index (κ1) is 17.3. The van der Waals surface area contributed by atoms with E-state index in [1.165, 1.54) is 44.5 Å². The number of piperazine rings is 1. The lowest BCUT2D eigenvalue weighted by molar-refractivity contribution is 0.110. The van der Waals surface area contributed by atoms with Crippen molar-refractivity contribution in [1.82, 2.24) is 9.80 Å². The monoisotopic (exact) mass is 330 g/mol. The van der Waals surface area contributed by atoms with Crippen molar-refractivity contribution in [2.75, 3.05) is 46.9 Å². The Morgan fingerprint density at radius 2 is 1.79 bits per heavy atom. The molecular formula is C20H30N2O2. The maximum Gasteiger partial charge on any atom is 0.123 e. The number of allylic oxidation sites excluding steroid dienone is 2. The third-order valence-corrected chi connectivity index (χ3v) is 5.24. The van der Waals surface area contributed by atoms with Crippen LogP contribution in [0.1, 0.15) is 24.8 Å². The first-order valence-electron chi connectivity index (χ1n) is 9.09. The molecule has 1 saturated heterocycles. The van der Waals surface area contributed by atoms with Gasteiger partial charge in [0, 0.05) is 44.8 Å². The first-order valence-corrected chi connectivity index (χ1v) is 9.09. The molecule has 1 aromatic carbocycles. The van der Waals surface area contributed by atoms with E-state index in [1.807, 2.05) is 12.1 Å². The lowest BCUT2D eigenvalue weighted by atomic mass is 9.94. The zero-order chi connectivity index (χ0) is 16.8. The van der Waals surface area contributed by atoms with Crippen molar-refractivity contribution in [2.24, 2.45) is 5.92 Å². The van der Waals surface area contributed by atoms with E-state index in [0.29, 0.717) is 0 Å². The molecule has 1 fully saturated rings. The number of hydrogen-bond acceptors (Lipinski definition) is 4. The standard InChI is InChI=1S/C20H30N2O2/c1-23-19-8-9-20(24-2)18(14-19)16-22-12-10-21(11-13-22)15-17-6-4-3-5-7-17/h3-4,8-9,14,17H,5-7,10-13,15-16H2,1-2H3/t17-/m0/s1. The number of hydrogen-bond donors (Lipinski definition) is 0. The Hall–Kier alpha value is -1.52. The summed E-state index contributed by atoms with van der Waals surface area (Å²) in [5.74, 6) is 2.71. The highest BCUT2D eigenvalue weighted by Crippen LogP contribution is 2.26. The molecule has 1 atom stereocenters. The van der Waals surface area contributed by atoms with E-state index in [2.05, 4.69) is 28.0 Å². The molecule has 1 heterocycles. The van der Waals surface area contributed by atoms with Gasteiger partial charge in [-0.05, 0) is 43.4 Å². The molecule has 24 heavy (non-hydrogen) atoms. The van der Waals surface area contributed by atoms with Gasteiger partial charge in [-0.15, -0.1) is 0 Å². The van der Waals surface area contributed by atoms with Gasteiger partial charge in [-0.1, -0.05) is 12.2 Å². The second-order valence-electron chi connectivity index (χ2n) is 6.91. The predicted octanol–water partition coefficient (Wildman–Crippen LogP) is 3.18. The van der Waals surface area contributed by atoms with Crippen LogP contribution in [-0.2, 0) is 6.54 Å². The summed E-state index contributed by atoms with van der Waals surface area (Å²) in [4.78, 5) is 5.16. The zero-order valence-electron chi connectivity index (χ0n) is 15.0. The van der Waals surface area contributed by atoms with Gasteiger partial charge < -0.3 is 14.4 Å². The second-order valence-corrected chi connectivity index (χ2v) is 6.91. The maximum atomic E-state index is 5.51. The van der Waals surface area contributed by atoms with Crippen LogP contribution in [0.2, 0.25) is 0 Å². The minimum absolute atomic E-state index is 0.861. The van der Waals surface area contributed by atoms with Crippen molar-refractivity contribution in [2.45, 2.75) is 25.8 Å². The van der Waals surface area contributed by atoms with E-state index >= 15 is 0 Å². The SMILES string of the molecule is COc1ccc(OC)c(CN2CCN(C[C@H]3CC=CCC3)CC2)c1. The fourth-order valence-corrected chi connectivity index (χ4v) is 3.76. The van der Waals surface area contributed by atoms with Gasteiger partial charge in [0.05, 0.1) is 14.2 Å². The van der Waals surface area contributed by atoms with Gasteiger partial charge in [-0.3, -0.25) is 4.90 Å². The Morgan fingerprint density at radius 1 is 1.00 bits per heavy atom. The van der Waals surface area contributed by atoms with E-state index in [-0.39, 0.29) is 0 Å². The van der Waals surface area contributed by atoms with Gasteiger partial charge in [0.25, 0.3) is 0 Å². The molecule has 4 heteroatoms. The fraction of sp³-hybridized carbons (Fsp3) is 0.600. The minimum atomic E-state index is 0.861. The highest BCUT2D eigenvalue weighted by Gasteiger charge is 2.21. The van der Waals surface area contributed by atoms with Gasteiger partial charge in [-0.2, -0.15) is 0 Å². The molecule has 2 aliphatic rings. The average molecular weight is 330 g/mol. The molecule has 0 bridgehead atoms. The molecule has 0 aromatic heterocycles. The molecule has 0 amide bonds. The quantitative estimate of drug-likeness (QED) is 0.748. The summed E-state index contributed by atoms with van der Waals surface area (Å²) in [6.45, 7) is 6.80. The summed E-state index contributed by atoms with van der Waals surface area (Å²) < 4.78 is 10.9. The van der Waals surface area contributed by atoms with Crippen LogP contribution in [0.25, 0.3) is 0 Å². The first-order chi connectivity index (χ1) is 11.8. The predicted molar refractivity (Wildman–Crippen MR) is 97.7 cm³/mol. The molecule has 4 nitrogen and oxygen atoms in total. The van der Waals surface area contributed by atoms with Gasteiger partial charge in [0.15, 0.2) is 0 Å². The van der Waals surface area contributed by atoms with E-state index in [0.717, 1.165) is 37.1 Å². The van der Waals surface area contributed by atoms with E-state index in [1.54, 1.807) is 14.2 Å². The maximum absolute atomic E-state index is 5.51. The van der Waals surface area contributed by atoms with Crippen molar-refractivity contribution < 1.29 is 9.47 Å². The third-order valence-electron chi connectivity index (χ3n) is 5.24. The smallest absolute Gasteiger partial charge is 0.123 e. The number of benzene rings is 1. The van der Waals surface area contributed by atoms with Crippen molar-refractivity contribution in [3.63, 3.8) is 0 Å². The summed E-state index contributed by atoms with van der Waals surface area (Å²) in [6.07, 6.45) is 8.58. The summed E-state index contributed by atoms with van der Waals surface area (Å²) >= 11 is 0. The lowest BCUT2D eigenvalue weighted by Gasteiger charge is -2.37. The topological polar surface area (TPSA) is 24.9 Å². The Balaban J connectivity index is 1.51. The number of nitrogens with zero attached hydrogens (tertiary/aromatic N) is 2. The third kappa shape index (κ3) is 4.52. The highest BCUT2D eigenvalue weighted by molar-refractivity contribution is 5.40. The average Bonchev–Trinajstić information content (AvgIpc) is 2.64. The van der Waals surface area contributed by atoms with Gasteiger partial charge >= 0.3 is 0 Å². The molecular weight excluding hydrogens is 300 g/mol. The Morgan fingerprint density at radius 3 is 2.46 bits per heavy atom. The van der Waals surface area contributed by atoms with Gasteiger partial charge in [0.1, 0.15) is 11.5 Å². The van der Waals surface area contributed by atoms with Crippen LogP contribution in [0.4, 0.5) is 0 Å². The van der Waals surface area contributed by atoms with E-state index in [4.69, 9.17) is 9.47 Å². The van der Waals surface area contributed by atoms with Crippen LogP contribution < -0.4 is 9.47 Å². The van der Waals surface area contributed by atoms with Crippen LogP contribution in [0, 0.1) is 5.92 Å². The van der Waals surface area contributed by atoms with Crippen molar-refractivity contribution >= 4 is 0 Å². The summed E-state index contributed by atoms with van der Waals surface area (Å²) in [5, 5.41) is 0. The van der Waals surface area contributed by atoms with Gasteiger partial charge in [-0.25, -0.2) is 0 Å². The summed E-state index contributed by atoms with van der Waals surface area (Å²) in [7, 11) is 3.45. The number of ether oxygens (including phenoxy) is 2. The summed E-state index contributed by atoms with van der Waals surface area (Å²) in [5.41, 5.74) is 1.21.